The molecule has 0 bridgehead atoms. The second kappa shape index (κ2) is 9.10. The van der Waals surface area contributed by atoms with Crippen molar-refractivity contribution in [1.29, 1.82) is 0 Å². The van der Waals surface area contributed by atoms with Crippen LogP contribution in [0.1, 0.15) is 32.6 Å². The molecule has 0 unspecified atom stereocenters. The second-order valence-corrected chi connectivity index (χ2v) is 3.06. The van der Waals surface area contributed by atoms with E-state index in [4.69, 9.17) is 0 Å². The lowest BCUT2D eigenvalue weighted by Crippen LogP contribution is -2.20. The summed E-state index contributed by atoms with van der Waals surface area (Å²) < 4.78 is 0. The molecule has 0 saturated heterocycles. The fourth-order valence-electron chi connectivity index (χ4n) is 1.07. The lowest BCUT2D eigenvalue weighted by molar-refractivity contribution is -0.118. The molecule has 0 fully saturated rings. The van der Waals surface area contributed by atoms with E-state index in [1.165, 1.54) is 19.3 Å². The zero-order valence-electron chi connectivity index (χ0n) is 8.44. The molecule has 2 N–H and O–H groups in total. The Morgan fingerprint density at radius 3 is 2.38 bits per heavy atom. The Hall–Kier alpha value is -0.990. The van der Waals surface area contributed by atoms with Gasteiger partial charge in [0.2, 0.25) is 5.91 Å². The van der Waals surface area contributed by atoms with Gasteiger partial charge in [-0.25, -0.2) is 0 Å². The smallest absolute Gasteiger partial charge is 0.216 e. The van der Waals surface area contributed by atoms with Gasteiger partial charge in [-0.15, -0.1) is 0 Å². The van der Waals surface area contributed by atoms with Gasteiger partial charge in [0, 0.05) is 20.0 Å². The van der Waals surface area contributed by atoms with Crippen LogP contribution in [0.25, 0.3) is 0 Å². The van der Waals surface area contributed by atoms with Crippen molar-refractivity contribution in [3.05, 3.63) is 12.8 Å². The van der Waals surface area contributed by atoms with Crippen molar-refractivity contribution < 1.29 is 4.79 Å². The van der Waals surface area contributed by atoms with Crippen molar-refractivity contribution in [2.45, 2.75) is 32.6 Å². The van der Waals surface area contributed by atoms with Crippen molar-refractivity contribution in [2.75, 3.05) is 13.1 Å². The molecule has 0 atom stereocenters. The van der Waals surface area contributed by atoms with Crippen LogP contribution in [0.4, 0.5) is 0 Å². The van der Waals surface area contributed by atoms with Crippen molar-refractivity contribution in [3.63, 3.8) is 0 Å². The first kappa shape index (κ1) is 12.0. The Kier molecular flexibility index (Phi) is 8.41. The molecule has 76 valence electrons. The molecule has 0 aliphatic rings. The highest BCUT2D eigenvalue weighted by atomic mass is 16.1. The summed E-state index contributed by atoms with van der Waals surface area (Å²) in [6.07, 6.45) is 6.36. The number of carbonyl (C=O) groups is 1. The van der Waals surface area contributed by atoms with E-state index in [0.29, 0.717) is 0 Å². The molecular weight excluding hydrogens is 164 g/mol. The summed E-state index contributed by atoms with van der Waals surface area (Å²) in [7, 11) is 0. The Balaban J connectivity index is 2.91. The van der Waals surface area contributed by atoms with Crippen LogP contribution in [0, 0.1) is 0 Å². The third-order valence-electron chi connectivity index (χ3n) is 1.77. The van der Waals surface area contributed by atoms with Gasteiger partial charge in [-0.1, -0.05) is 19.4 Å². The minimum atomic E-state index is 0.0633. The van der Waals surface area contributed by atoms with Gasteiger partial charge in [-0.2, -0.15) is 0 Å². The topological polar surface area (TPSA) is 41.1 Å². The summed E-state index contributed by atoms with van der Waals surface area (Å²) in [5.74, 6) is 0.0633. The SMILES string of the molecule is C=CNCCCCCCNC(C)=O. The highest BCUT2D eigenvalue weighted by molar-refractivity contribution is 5.72. The summed E-state index contributed by atoms with van der Waals surface area (Å²) in [5.41, 5.74) is 0. The molecular formula is C10H20N2O. The molecule has 0 heterocycles. The molecule has 3 nitrogen and oxygen atoms in total. The normalized spacial score (nSPS) is 9.31. The number of nitrogens with one attached hydrogen (secondary N) is 2. The van der Waals surface area contributed by atoms with E-state index < -0.39 is 0 Å². The van der Waals surface area contributed by atoms with Crippen LogP contribution in [0.5, 0.6) is 0 Å². The van der Waals surface area contributed by atoms with E-state index in [1.54, 1.807) is 13.1 Å². The third-order valence-corrected chi connectivity index (χ3v) is 1.77. The Morgan fingerprint density at radius 1 is 1.23 bits per heavy atom. The minimum absolute atomic E-state index is 0.0633. The van der Waals surface area contributed by atoms with Crippen molar-refractivity contribution in [3.8, 4) is 0 Å². The average molecular weight is 184 g/mol. The highest BCUT2D eigenvalue weighted by Crippen LogP contribution is 1.97. The first-order valence-corrected chi connectivity index (χ1v) is 4.86. The first-order chi connectivity index (χ1) is 6.27. The minimum Gasteiger partial charge on any atom is -0.391 e. The summed E-state index contributed by atoms with van der Waals surface area (Å²) in [5, 5.41) is 5.83. The van der Waals surface area contributed by atoms with E-state index in [1.807, 2.05) is 0 Å². The number of unbranched alkanes of at least 4 members (excludes halogenated alkanes) is 3. The highest BCUT2D eigenvalue weighted by Gasteiger charge is 1.91. The van der Waals surface area contributed by atoms with Gasteiger partial charge in [0.15, 0.2) is 0 Å². The molecule has 0 aromatic rings. The Labute approximate surface area is 80.6 Å². The number of hydrogen-bond acceptors (Lipinski definition) is 2. The molecule has 1 amide bonds. The molecule has 0 aromatic carbocycles. The van der Waals surface area contributed by atoms with Gasteiger partial charge >= 0.3 is 0 Å². The van der Waals surface area contributed by atoms with E-state index in [2.05, 4.69) is 17.2 Å². The van der Waals surface area contributed by atoms with E-state index >= 15 is 0 Å². The third kappa shape index (κ3) is 11.0. The molecule has 0 saturated carbocycles. The lowest BCUT2D eigenvalue weighted by atomic mass is 10.2. The average Bonchev–Trinajstić information content (AvgIpc) is 2.09. The maximum Gasteiger partial charge on any atom is 0.216 e. The van der Waals surface area contributed by atoms with Crippen LogP contribution >= 0.6 is 0 Å². The fourth-order valence-corrected chi connectivity index (χ4v) is 1.07. The summed E-state index contributed by atoms with van der Waals surface area (Å²) in [6, 6.07) is 0. The number of hydrogen-bond donors (Lipinski definition) is 2. The molecule has 0 rings (SSSR count). The van der Waals surface area contributed by atoms with Crippen LogP contribution in [-0.4, -0.2) is 19.0 Å². The predicted molar refractivity (Wildman–Crippen MR) is 55.4 cm³/mol. The van der Waals surface area contributed by atoms with Gasteiger partial charge in [-0.05, 0) is 19.0 Å². The van der Waals surface area contributed by atoms with Crippen molar-refractivity contribution >= 4 is 5.91 Å². The largest absolute Gasteiger partial charge is 0.391 e. The number of rotatable bonds is 8. The summed E-state index contributed by atoms with van der Waals surface area (Å²) in [4.78, 5) is 10.5. The van der Waals surface area contributed by atoms with E-state index in [0.717, 1.165) is 19.5 Å². The maximum atomic E-state index is 10.5. The lowest BCUT2D eigenvalue weighted by Gasteiger charge is -2.02. The molecule has 3 heteroatoms. The zero-order chi connectivity index (χ0) is 9.94. The molecule has 0 spiro atoms. The Bertz CT molecular complexity index is 146. The zero-order valence-corrected chi connectivity index (χ0v) is 8.44. The van der Waals surface area contributed by atoms with Gasteiger partial charge in [0.25, 0.3) is 0 Å². The number of amides is 1. The van der Waals surface area contributed by atoms with E-state index in [9.17, 15) is 4.79 Å². The molecule has 0 aromatic heterocycles. The van der Waals surface area contributed by atoms with Gasteiger partial charge in [-0.3, -0.25) is 4.79 Å². The maximum absolute atomic E-state index is 10.5. The molecule has 0 radical (unpaired) electrons. The van der Waals surface area contributed by atoms with Crippen LogP contribution in [0.3, 0.4) is 0 Å². The van der Waals surface area contributed by atoms with Crippen LogP contribution in [0.2, 0.25) is 0 Å². The standard InChI is InChI=1S/C10H20N2O/c1-3-11-8-6-4-5-7-9-12-10(2)13/h3,11H,1,4-9H2,2H3,(H,12,13). The van der Waals surface area contributed by atoms with Crippen LogP contribution < -0.4 is 10.6 Å². The van der Waals surface area contributed by atoms with Crippen LogP contribution in [-0.2, 0) is 4.79 Å². The quantitative estimate of drug-likeness (QED) is 0.560. The first-order valence-electron chi connectivity index (χ1n) is 4.86. The summed E-state index contributed by atoms with van der Waals surface area (Å²) >= 11 is 0. The van der Waals surface area contributed by atoms with Crippen molar-refractivity contribution in [2.24, 2.45) is 0 Å². The van der Waals surface area contributed by atoms with Crippen LogP contribution in [0.15, 0.2) is 12.8 Å². The predicted octanol–water partition coefficient (Wildman–Crippen LogP) is 1.42. The van der Waals surface area contributed by atoms with Crippen molar-refractivity contribution in [1.82, 2.24) is 10.6 Å². The van der Waals surface area contributed by atoms with E-state index in [-0.39, 0.29) is 5.91 Å². The Morgan fingerprint density at radius 2 is 1.85 bits per heavy atom. The van der Waals surface area contributed by atoms with Gasteiger partial charge < -0.3 is 10.6 Å². The molecule has 0 aliphatic carbocycles. The number of carbonyl (C=O) groups excluding carboxylic acids is 1. The summed E-state index contributed by atoms with van der Waals surface area (Å²) in [6.45, 7) is 6.93. The monoisotopic (exact) mass is 184 g/mol. The second-order valence-electron chi connectivity index (χ2n) is 3.06. The molecule has 13 heavy (non-hydrogen) atoms. The molecule has 0 aliphatic heterocycles. The fraction of sp³-hybridized carbons (Fsp3) is 0.700. The van der Waals surface area contributed by atoms with Gasteiger partial charge in [0.1, 0.15) is 0 Å². The van der Waals surface area contributed by atoms with Gasteiger partial charge in [0.05, 0.1) is 0 Å².